The molecule has 76 valence electrons. The van der Waals surface area contributed by atoms with Crippen LogP contribution >= 0.6 is 22.6 Å². The maximum atomic E-state index is 3.51. The maximum Gasteiger partial charge on any atom is 0.0133 e. The Hall–Kier alpha value is -0.0900. The van der Waals surface area contributed by atoms with Crippen LogP contribution in [0.5, 0.6) is 0 Å². The van der Waals surface area contributed by atoms with Crippen molar-refractivity contribution in [3.8, 4) is 0 Å². The molecule has 1 aromatic carbocycles. The van der Waals surface area contributed by atoms with Gasteiger partial charge >= 0.3 is 0 Å². The summed E-state index contributed by atoms with van der Waals surface area (Å²) in [5.74, 6) is 0.710. The van der Waals surface area contributed by atoms with Crippen molar-refractivity contribution in [2.24, 2.45) is 0 Å². The summed E-state index contributed by atoms with van der Waals surface area (Å²) in [6.07, 6.45) is 2.42. The van der Waals surface area contributed by atoms with Gasteiger partial charge in [0.15, 0.2) is 0 Å². The fraction of sp³-hybridized carbons (Fsp3) is 0.500. The van der Waals surface area contributed by atoms with E-state index in [2.05, 4.69) is 53.0 Å². The molecule has 2 heteroatoms. The minimum atomic E-state index is 0.710. The zero-order chi connectivity index (χ0) is 9.97. The Labute approximate surface area is 99.4 Å². The molecule has 1 unspecified atom stereocenters. The van der Waals surface area contributed by atoms with E-state index in [0.717, 1.165) is 13.1 Å². The lowest BCUT2D eigenvalue weighted by atomic mass is 9.92. The van der Waals surface area contributed by atoms with Crippen molar-refractivity contribution < 1.29 is 0 Å². The van der Waals surface area contributed by atoms with E-state index in [1.807, 2.05) is 0 Å². The van der Waals surface area contributed by atoms with Crippen LogP contribution in [0.2, 0.25) is 0 Å². The van der Waals surface area contributed by atoms with E-state index < -0.39 is 0 Å². The number of rotatable bonds is 1. The molecule has 0 amide bonds. The summed E-state index contributed by atoms with van der Waals surface area (Å²) in [6, 6.07) is 6.88. The molecular formula is C12H16IN. The van der Waals surface area contributed by atoms with Gasteiger partial charge in [-0.25, -0.2) is 0 Å². The largest absolute Gasteiger partial charge is 0.316 e. The van der Waals surface area contributed by atoms with Gasteiger partial charge in [0.1, 0.15) is 0 Å². The van der Waals surface area contributed by atoms with Gasteiger partial charge in [0.2, 0.25) is 0 Å². The van der Waals surface area contributed by atoms with Crippen LogP contribution in [0.25, 0.3) is 0 Å². The monoisotopic (exact) mass is 301 g/mol. The predicted octanol–water partition coefficient (Wildman–Crippen LogP) is 2.93. The van der Waals surface area contributed by atoms with Gasteiger partial charge < -0.3 is 5.32 Å². The number of fused-ring (bicyclic) bond motifs is 1. The van der Waals surface area contributed by atoms with Crippen LogP contribution in [-0.4, -0.2) is 13.1 Å². The summed E-state index contributed by atoms with van der Waals surface area (Å²) >= 11 is 2.40. The van der Waals surface area contributed by atoms with E-state index in [0.29, 0.717) is 5.92 Å². The second kappa shape index (κ2) is 4.62. The van der Waals surface area contributed by atoms with Crippen molar-refractivity contribution in [3.05, 3.63) is 32.9 Å². The third kappa shape index (κ3) is 2.11. The maximum absolute atomic E-state index is 3.51. The normalized spacial score (nSPS) is 21.4. The molecule has 1 aromatic rings. The highest BCUT2D eigenvalue weighted by molar-refractivity contribution is 14.1. The molecule has 1 N–H and O–H groups in total. The zero-order valence-corrected chi connectivity index (χ0v) is 10.7. The molecule has 0 spiro atoms. The number of hydrogen-bond donors (Lipinski definition) is 1. The van der Waals surface area contributed by atoms with E-state index in [1.165, 1.54) is 16.4 Å². The van der Waals surface area contributed by atoms with Crippen molar-refractivity contribution in [1.82, 2.24) is 5.32 Å². The summed E-state index contributed by atoms with van der Waals surface area (Å²) in [4.78, 5) is 0. The first-order valence-corrected chi connectivity index (χ1v) is 6.38. The van der Waals surface area contributed by atoms with Crippen LogP contribution in [-0.2, 0) is 6.42 Å². The summed E-state index contributed by atoms with van der Waals surface area (Å²) < 4.78 is 1.36. The molecule has 14 heavy (non-hydrogen) atoms. The topological polar surface area (TPSA) is 12.0 Å². The first-order valence-electron chi connectivity index (χ1n) is 5.30. The molecule has 0 bridgehead atoms. The number of benzene rings is 1. The highest BCUT2D eigenvalue weighted by Gasteiger charge is 2.16. The number of hydrogen-bond acceptors (Lipinski definition) is 1. The third-order valence-corrected chi connectivity index (χ3v) is 3.67. The highest BCUT2D eigenvalue weighted by atomic mass is 127. The quantitative estimate of drug-likeness (QED) is 0.787. The lowest BCUT2D eigenvalue weighted by Crippen LogP contribution is -2.19. The van der Waals surface area contributed by atoms with Crippen molar-refractivity contribution in [2.45, 2.75) is 25.7 Å². The minimum absolute atomic E-state index is 0.710. The third-order valence-electron chi connectivity index (χ3n) is 3.00. The van der Waals surface area contributed by atoms with Gasteiger partial charge in [0, 0.05) is 10.1 Å². The summed E-state index contributed by atoms with van der Waals surface area (Å²) in [5, 5.41) is 3.51. The van der Waals surface area contributed by atoms with Crippen molar-refractivity contribution in [3.63, 3.8) is 0 Å². The first kappa shape index (κ1) is 10.4. The van der Waals surface area contributed by atoms with Crippen molar-refractivity contribution in [1.29, 1.82) is 0 Å². The molecule has 0 radical (unpaired) electrons. The van der Waals surface area contributed by atoms with Crippen LogP contribution in [0.15, 0.2) is 18.2 Å². The van der Waals surface area contributed by atoms with Gasteiger partial charge in [-0.15, -0.1) is 0 Å². The second-order valence-electron chi connectivity index (χ2n) is 3.90. The molecule has 1 nitrogen and oxygen atoms in total. The fourth-order valence-corrected chi connectivity index (χ4v) is 2.66. The molecule has 1 aliphatic rings. The highest BCUT2D eigenvalue weighted by Crippen LogP contribution is 2.26. The Morgan fingerprint density at radius 1 is 1.50 bits per heavy atom. The molecule has 1 heterocycles. The van der Waals surface area contributed by atoms with Crippen LogP contribution in [0, 0.1) is 3.57 Å². The fourth-order valence-electron chi connectivity index (χ4n) is 2.15. The lowest BCUT2D eigenvalue weighted by Gasteiger charge is -2.15. The zero-order valence-electron chi connectivity index (χ0n) is 8.52. The van der Waals surface area contributed by atoms with Gasteiger partial charge in [-0.2, -0.15) is 0 Å². The molecule has 0 fully saturated rings. The smallest absolute Gasteiger partial charge is 0.0133 e. The number of nitrogens with one attached hydrogen (secondary N) is 1. The van der Waals surface area contributed by atoms with Crippen LogP contribution < -0.4 is 5.32 Å². The molecule has 0 saturated heterocycles. The molecule has 0 aliphatic carbocycles. The molecule has 0 saturated carbocycles. The van der Waals surface area contributed by atoms with Gasteiger partial charge in [0.05, 0.1) is 0 Å². The Bertz CT molecular complexity index is 322. The van der Waals surface area contributed by atoms with Crippen LogP contribution in [0.3, 0.4) is 0 Å². The van der Waals surface area contributed by atoms with Crippen molar-refractivity contribution >= 4 is 22.6 Å². The van der Waals surface area contributed by atoms with E-state index in [4.69, 9.17) is 0 Å². The lowest BCUT2D eigenvalue weighted by molar-refractivity contribution is 0.594. The molecule has 1 aliphatic heterocycles. The predicted molar refractivity (Wildman–Crippen MR) is 68.8 cm³/mol. The Morgan fingerprint density at radius 2 is 2.36 bits per heavy atom. The Balaban J connectivity index is 2.40. The SMILES string of the molecule is CCC1CNCCc2ccc(I)cc21. The summed E-state index contributed by atoms with van der Waals surface area (Å²) in [5.41, 5.74) is 3.12. The van der Waals surface area contributed by atoms with E-state index in [-0.39, 0.29) is 0 Å². The van der Waals surface area contributed by atoms with E-state index in [9.17, 15) is 0 Å². The average Bonchev–Trinajstić information content (AvgIpc) is 2.39. The van der Waals surface area contributed by atoms with Crippen LogP contribution in [0.1, 0.15) is 30.4 Å². The molecule has 0 aromatic heterocycles. The standard InChI is InChI=1S/C12H16IN/c1-2-9-8-14-6-5-10-3-4-11(13)7-12(9)10/h3-4,7,9,14H,2,5-6,8H2,1H3. The average molecular weight is 301 g/mol. The van der Waals surface area contributed by atoms with Crippen molar-refractivity contribution in [2.75, 3.05) is 13.1 Å². The van der Waals surface area contributed by atoms with E-state index in [1.54, 1.807) is 11.1 Å². The number of halogens is 1. The molecular weight excluding hydrogens is 285 g/mol. The minimum Gasteiger partial charge on any atom is -0.316 e. The molecule has 2 rings (SSSR count). The van der Waals surface area contributed by atoms with E-state index >= 15 is 0 Å². The second-order valence-corrected chi connectivity index (χ2v) is 5.15. The van der Waals surface area contributed by atoms with Gasteiger partial charge in [-0.1, -0.05) is 13.0 Å². The van der Waals surface area contributed by atoms with Gasteiger partial charge in [-0.05, 0) is 71.2 Å². The first-order chi connectivity index (χ1) is 6.81. The van der Waals surface area contributed by atoms with Gasteiger partial charge in [-0.3, -0.25) is 0 Å². The van der Waals surface area contributed by atoms with Crippen LogP contribution in [0.4, 0.5) is 0 Å². The molecule has 1 atom stereocenters. The summed E-state index contributed by atoms with van der Waals surface area (Å²) in [6.45, 7) is 4.55. The van der Waals surface area contributed by atoms with Gasteiger partial charge in [0.25, 0.3) is 0 Å². The Kier molecular flexibility index (Phi) is 3.44. The summed E-state index contributed by atoms with van der Waals surface area (Å²) in [7, 11) is 0. The Morgan fingerprint density at radius 3 is 3.14 bits per heavy atom.